The number of rotatable bonds is 3. The molecule has 0 spiro atoms. The van der Waals surface area contributed by atoms with Gasteiger partial charge in [-0.1, -0.05) is 35.9 Å². The number of anilines is 1. The summed E-state index contributed by atoms with van der Waals surface area (Å²) in [6.07, 6.45) is -0.0734. The molecule has 2 amide bonds. The molecule has 4 rings (SSSR count). The molecule has 0 saturated carbocycles. The normalized spacial score (nSPS) is 22.3. The molecular weight excluding hydrogens is 400 g/mol. The average Bonchev–Trinajstić information content (AvgIpc) is 2.94. The van der Waals surface area contributed by atoms with Gasteiger partial charge in [0.15, 0.2) is 0 Å². The zero-order valence-electron chi connectivity index (χ0n) is 17.6. The first kappa shape index (κ1) is 20.6. The molecule has 0 bridgehead atoms. The number of morpholine rings is 1. The second-order valence-corrected chi connectivity index (χ2v) is 8.49. The van der Waals surface area contributed by atoms with Gasteiger partial charge in [0.1, 0.15) is 5.70 Å². The topological polar surface area (TPSA) is 49.9 Å². The van der Waals surface area contributed by atoms with E-state index in [4.69, 9.17) is 16.3 Å². The van der Waals surface area contributed by atoms with E-state index in [1.807, 2.05) is 50.8 Å². The number of imide groups is 1. The second kappa shape index (κ2) is 7.89. The molecule has 0 aromatic heterocycles. The van der Waals surface area contributed by atoms with E-state index in [9.17, 15) is 9.59 Å². The van der Waals surface area contributed by atoms with E-state index >= 15 is 0 Å². The molecule has 30 heavy (non-hydrogen) atoms. The van der Waals surface area contributed by atoms with Crippen LogP contribution >= 0.6 is 11.6 Å². The van der Waals surface area contributed by atoms with Crippen LogP contribution in [-0.4, -0.2) is 42.0 Å². The molecule has 2 unspecified atom stereocenters. The van der Waals surface area contributed by atoms with E-state index < -0.39 is 0 Å². The number of benzene rings is 2. The van der Waals surface area contributed by atoms with Gasteiger partial charge in [-0.05, 0) is 62.6 Å². The van der Waals surface area contributed by atoms with Crippen LogP contribution in [0.15, 0.2) is 48.2 Å². The van der Waals surface area contributed by atoms with Crippen LogP contribution in [0.1, 0.15) is 30.5 Å². The van der Waals surface area contributed by atoms with Gasteiger partial charge >= 0.3 is 0 Å². The molecule has 2 aromatic rings. The minimum absolute atomic E-state index is 0.0367. The number of hydrogen-bond donors (Lipinski definition) is 0. The lowest BCUT2D eigenvalue weighted by Crippen LogP contribution is -2.47. The van der Waals surface area contributed by atoms with Gasteiger partial charge in [-0.25, -0.2) is 4.90 Å². The van der Waals surface area contributed by atoms with E-state index in [1.54, 1.807) is 24.3 Å². The fourth-order valence-electron chi connectivity index (χ4n) is 4.25. The van der Waals surface area contributed by atoms with Crippen molar-refractivity contribution < 1.29 is 14.3 Å². The molecule has 2 aromatic carbocycles. The number of carbonyl (C=O) groups is 2. The van der Waals surface area contributed by atoms with Gasteiger partial charge in [-0.15, -0.1) is 0 Å². The summed E-state index contributed by atoms with van der Waals surface area (Å²) in [4.78, 5) is 30.6. The molecule has 2 heterocycles. The predicted octanol–water partition coefficient (Wildman–Crippen LogP) is 4.35. The maximum Gasteiger partial charge on any atom is 0.282 e. The minimum Gasteiger partial charge on any atom is -0.372 e. The molecule has 156 valence electrons. The molecule has 6 heteroatoms. The van der Waals surface area contributed by atoms with Gasteiger partial charge in [-0.3, -0.25) is 9.59 Å². The largest absolute Gasteiger partial charge is 0.372 e. The van der Waals surface area contributed by atoms with Crippen LogP contribution in [0.2, 0.25) is 5.02 Å². The monoisotopic (exact) mass is 424 g/mol. The van der Waals surface area contributed by atoms with Crippen LogP contribution in [-0.2, 0) is 14.3 Å². The molecule has 0 N–H and O–H groups in total. The summed E-state index contributed by atoms with van der Waals surface area (Å²) in [7, 11) is 0. The van der Waals surface area contributed by atoms with Crippen LogP contribution in [0.4, 0.5) is 5.69 Å². The maximum absolute atomic E-state index is 13.7. The van der Waals surface area contributed by atoms with Crippen molar-refractivity contribution >= 4 is 34.7 Å². The quantitative estimate of drug-likeness (QED) is 0.687. The molecule has 5 nitrogen and oxygen atoms in total. The number of halogens is 1. The van der Waals surface area contributed by atoms with Gasteiger partial charge in [-0.2, -0.15) is 0 Å². The molecule has 2 atom stereocenters. The number of nitrogens with zero attached hydrogens (tertiary/aromatic N) is 2. The molecule has 1 saturated heterocycles. The second-order valence-electron chi connectivity index (χ2n) is 8.06. The summed E-state index contributed by atoms with van der Waals surface area (Å²) in [6, 6.07) is 12.7. The van der Waals surface area contributed by atoms with Crippen molar-refractivity contribution in [3.63, 3.8) is 0 Å². The Hall–Kier alpha value is -2.63. The summed E-state index contributed by atoms with van der Waals surface area (Å²) in [5, 5.41) is 0.581. The number of aryl methyl sites for hydroxylation is 1. The van der Waals surface area contributed by atoms with Gasteiger partial charge in [0, 0.05) is 18.1 Å². The minimum atomic E-state index is -0.308. The predicted molar refractivity (Wildman–Crippen MR) is 118 cm³/mol. The van der Waals surface area contributed by atoms with Crippen molar-refractivity contribution in [1.82, 2.24) is 4.90 Å². The summed E-state index contributed by atoms with van der Waals surface area (Å²) < 4.78 is 5.85. The van der Waals surface area contributed by atoms with E-state index in [1.165, 1.54) is 4.90 Å². The standard InChI is InChI=1S/C24H25ClN2O3/c1-14-6-5-7-20(17(14)4)27-23(28)21(18-8-10-19(25)11-9-18)22(24(27)29)26-12-15(2)30-16(3)13-26/h5-11,15-16H,12-13H2,1-4H3. The van der Waals surface area contributed by atoms with E-state index in [0.29, 0.717) is 40.6 Å². The third-order valence-corrected chi connectivity index (χ3v) is 6.00. The summed E-state index contributed by atoms with van der Waals surface area (Å²) >= 11 is 6.06. The Kier molecular flexibility index (Phi) is 5.43. The van der Waals surface area contributed by atoms with Crippen molar-refractivity contribution in [2.45, 2.75) is 39.9 Å². The van der Waals surface area contributed by atoms with Crippen LogP contribution in [0.3, 0.4) is 0 Å². The van der Waals surface area contributed by atoms with E-state index in [-0.39, 0.29) is 24.0 Å². The maximum atomic E-state index is 13.7. The molecular formula is C24H25ClN2O3. The van der Waals surface area contributed by atoms with Crippen LogP contribution in [0, 0.1) is 13.8 Å². The Morgan fingerprint density at radius 1 is 0.933 bits per heavy atom. The fraction of sp³-hybridized carbons (Fsp3) is 0.333. The number of ether oxygens (including phenoxy) is 1. The summed E-state index contributed by atoms with van der Waals surface area (Å²) in [5.74, 6) is -0.599. The van der Waals surface area contributed by atoms with Gasteiger partial charge < -0.3 is 9.64 Å². The van der Waals surface area contributed by atoms with Crippen LogP contribution < -0.4 is 4.90 Å². The Morgan fingerprint density at radius 2 is 1.57 bits per heavy atom. The highest BCUT2D eigenvalue weighted by molar-refractivity contribution is 6.45. The Balaban J connectivity index is 1.86. The first-order chi connectivity index (χ1) is 14.3. The zero-order chi connectivity index (χ0) is 21.6. The van der Waals surface area contributed by atoms with Crippen molar-refractivity contribution in [2.24, 2.45) is 0 Å². The fourth-order valence-corrected chi connectivity index (χ4v) is 4.37. The van der Waals surface area contributed by atoms with Crippen molar-refractivity contribution in [3.8, 4) is 0 Å². The molecule has 1 fully saturated rings. The SMILES string of the molecule is Cc1cccc(N2C(=O)C(c3ccc(Cl)cc3)=C(N3CC(C)OC(C)C3)C2=O)c1C. The van der Waals surface area contributed by atoms with Crippen molar-refractivity contribution in [3.05, 3.63) is 69.9 Å². The molecule has 0 aliphatic carbocycles. The third kappa shape index (κ3) is 3.53. The first-order valence-corrected chi connectivity index (χ1v) is 10.5. The Bertz CT molecular complexity index is 1030. The lowest BCUT2D eigenvalue weighted by molar-refractivity contribution is -0.121. The smallest absolute Gasteiger partial charge is 0.282 e. The number of hydrogen-bond acceptors (Lipinski definition) is 4. The first-order valence-electron chi connectivity index (χ1n) is 10.1. The highest BCUT2D eigenvalue weighted by Gasteiger charge is 2.44. The van der Waals surface area contributed by atoms with Gasteiger partial charge in [0.05, 0.1) is 23.5 Å². The summed E-state index contributed by atoms with van der Waals surface area (Å²) in [5.41, 5.74) is 4.11. The lowest BCUT2D eigenvalue weighted by atomic mass is 10.0. The molecule has 2 aliphatic rings. The molecule has 2 aliphatic heterocycles. The van der Waals surface area contributed by atoms with E-state index in [2.05, 4.69) is 0 Å². The average molecular weight is 425 g/mol. The van der Waals surface area contributed by atoms with Gasteiger partial charge in [0.2, 0.25) is 0 Å². The van der Waals surface area contributed by atoms with E-state index in [0.717, 1.165) is 11.1 Å². The summed E-state index contributed by atoms with van der Waals surface area (Å²) in [6.45, 7) is 8.98. The zero-order valence-corrected chi connectivity index (χ0v) is 18.4. The highest BCUT2D eigenvalue weighted by Crippen LogP contribution is 2.37. The van der Waals surface area contributed by atoms with Crippen molar-refractivity contribution in [1.29, 1.82) is 0 Å². The number of amides is 2. The lowest BCUT2D eigenvalue weighted by Gasteiger charge is -2.37. The van der Waals surface area contributed by atoms with Crippen molar-refractivity contribution in [2.75, 3.05) is 18.0 Å². The highest BCUT2D eigenvalue weighted by atomic mass is 35.5. The Labute approximate surface area is 181 Å². The van der Waals surface area contributed by atoms with Crippen LogP contribution in [0.5, 0.6) is 0 Å². The van der Waals surface area contributed by atoms with Gasteiger partial charge in [0.25, 0.3) is 11.8 Å². The number of carbonyl (C=O) groups excluding carboxylic acids is 2. The van der Waals surface area contributed by atoms with Crippen LogP contribution in [0.25, 0.3) is 5.57 Å². The third-order valence-electron chi connectivity index (χ3n) is 5.75. The molecule has 0 radical (unpaired) electrons. The Morgan fingerprint density at radius 3 is 2.20 bits per heavy atom.